The summed E-state index contributed by atoms with van der Waals surface area (Å²) >= 11 is 1.72. The minimum atomic E-state index is -0.0615. The molecule has 0 unspecified atom stereocenters. The van der Waals surface area contributed by atoms with Gasteiger partial charge in [0.2, 0.25) is 0 Å². The van der Waals surface area contributed by atoms with Crippen molar-refractivity contribution in [2.45, 2.75) is 20.4 Å². The Balaban J connectivity index is 0.00000312. The summed E-state index contributed by atoms with van der Waals surface area (Å²) in [5, 5.41) is 11.4. The van der Waals surface area contributed by atoms with E-state index in [9.17, 15) is 4.79 Å². The lowest BCUT2D eigenvalue weighted by Gasteiger charge is -2.12. The number of guanidine groups is 1. The normalized spacial score (nSPS) is 10.7. The first-order valence-corrected chi connectivity index (χ1v) is 8.97. The molecule has 0 fully saturated rings. The maximum Gasteiger partial charge on any atom is 0.251 e. The van der Waals surface area contributed by atoms with Gasteiger partial charge in [-0.1, -0.05) is 18.2 Å². The molecule has 0 aliphatic rings. The number of hydrogen-bond acceptors (Lipinski definition) is 3. The van der Waals surface area contributed by atoms with E-state index in [1.54, 1.807) is 23.5 Å². The van der Waals surface area contributed by atoms with Gasteiger partial charge in [0.15, 0.2) is 5.96 Å². The number of benzene rings is 1. The number of amides is 1. The number of carbonyl (C=O) groups excluding carboxylic acids is 1. The van der Waals surface area contributed by atoms with Crippen LogP contribution in [0.15, 0.2) is 46.8 Å². The maximum absolute atomic E-state index is 12.0. The van der Waals surface area contributed by atoms with Crippen molar-refractivity contribution in [2.75, 3.05) is 19.6 Å². The van der Waals surface area contributed by atoms with Crippen LogP contribution in [0, 0.1) is 6.92 Å². The Hall–Kier alpha value is -1.61. The third-order valence-electron chi connectivity index (χ3n) is 3.43. The topological polar surface area (TPSA) is 65.5 Å². The molecule has 2 aromatic rings. The SMILES string of the molecule is CCNC(=NCc1sccc1C)NCCNC(=O)c1ccccc1.I. The summed E-state index contributed by atoms with van der Waals surface area (Å²) in [6.07, 6.45) is 0. The van der Waals surface area contributed by atoms with Crippen LogP contribution in [0.2, 0.25) is 0 Å². The smallest absolute Gasteiger partial charge is 0.251 e. The van der Waals surface area contributed by atoms with Crippen LogP contribution in [0.1, 0.15) is 27.7 Å². The number of nitrogens with one attached hydrogen (secondary N) is 3. The van der Waals surface area contributed by atoms with Gasteiger partial charge >= 0.3 is 0 Å². The predicted molar refractivity (Wildman–Crippen MR) is 116 cm³/mol. The first kappa shape index (κ1) is 21.4. The van der Waals surface area contributed by atoms with Gasteiger partial charge in [-0.05, 0) is 43.0 Å². The highest BCUT2D eigenvalue weighted by molar-refractivity contribution is 14.0. The summed E-state index contributed by atoms with van der Waals surface area (Å²) in [5.74, 6) is 0.702. The van der Waals surface area contributed by atoms with Crippen LogP contribution in [0.25, 0.3) is 0 Å². The Morgan fingerprint density at radius 1 is 1.08 bits per heavy atom. The zero-order chi connectivity index (χ0) is 17.2. The first-order chi connectivity index (χ1) is 11.7. The van der Waals surface area contributed by atoms with Crippen LogP contribution >= 0.6 is 35.3 Å². The van der Waals surface area contributed by atoms with Crippen molar-refractivity contribution in [2.24, 2.45) is 4.99 Å². The summed E-state index contributed by atoms with van der Waals surface area (Å²) in [6, 6.07) is 11.3. The number of hydrogen-bond donors (Lipinski definition) is 3. The van der Waals surface area contributed by atoms with E-state index in [1.807, 2.05) is 25.1 Å². The van der Waals surface area contributed by atoms with E-state index >= 15 is 0 Å². The van der Waals surface area contributed by atoms with Crippen molar-refractivity contribution < 1.29 is 4.79 Å². The summed E-state index contributed by atoms with van der Waals surface area (Å²) < 4.78 is 0. The molecule has 1 heterocycles. The van der Waals surface area contributed by atoms with Crippen molar-refractivity contribution in [3.05, 3.63) is 57.8 Å². The predicted octanol–water partition coefficient (Wildman–Crippen LogP) is 3.16. The van der Waals surface area contributed by atoms with E-state index in [-0.39, 0.29) is 29.9 Å². The summed E-state index contributed by atoms with van der Waals surface area (Å²) in [5.41, 5.74) is 1.95. The minimum Gasteiger partial charge on any atom is -0.357 e. The van der Waals surface area contributed by atoms with Gasteiger partial charge in [0.1, 0.15) is 0 Å². The second kappa shape index (κ2) is 11.9. The highest BCUT2D eigenvalue weighted by atomic mass is 127. The van der Waals surface area contributed by atoms with Crippen LogP contribution < -0.4 is 16.0 Å². The molecule has 25 heavy (non-hydrogen) atoms. The highest BCUT2D eigenvalue weighted by Crippen LogP contribution is 2.16. The average molecular weight is 472 g/mol. The molecule has 0 bridgehead atoms. The second-order valence-corrected chi connectivity index (χ2v) is 6.27. The van der Waals surface area contributed by atoms with Crippen molar-refractivity contribution in [3.8, 4) is 0 Å². The van der Waals surface area contributed by atoms with E-state index in [4.69, 9.17) is 0 Å². The molecule has 2 rings (SSSR count). The lowest BCUT2D eigenvalue weighted by molar-refractivity contribution is 0.0954. The van der Waals surface area contributed by atoms with E-state index in [1.165, 1.54) is 10.4 Å². The number of halogens is 1. The van der Waals surface area contributed by atoms with Crippen LogP contribution in [-0.2, 0) is 6.54 Å². The average Bonchev–Trinajstić information content (AvgIpc) is 3.02. The molecule has 0 radical (unpaired) electrons. The van der Waals surface area contributed by atoms with Gasteiger partial charge in [-0.25, -0.2) is 4.99 Å². The first-order valence-electron chi connectivity index (χ1n) is 8.09. The number of nitrogens with zero attached hydrogens (tertiary/aromatic N) is 1. The lowest BCUT2D eigenvalue weighted by Crippen LogP contribution is -2.41. The summed E-state index contributed by atoms with van der Waals surface area (Å²) in [7, 11) is 0. The Labute approximate surface area is 170 Å². The number of rotatable bonds is 7. The van der Waals surface area contributed by atoms with Crippen LogP contribution in [0.3, 0.4) is 0 Å². The van der Waals surface area contributed by atoms with Gasteiger partial charge in [-0.2, -0.15) is 0 Å². The molecule has 1 aromatic carbocycles. The minimum absolute atomic E-state index is 0. The van der Waals surface area contributed by atoms with Crippen molar-refractivity contribution >= 4 is 47.2 Å². The quantitative estimate of drug-likeness (QED) is 0.251. The molecule has 3 N–H and O–H groups in total. The van der Waals surface area contributed by atoms with Gasteiger partial charge in [-0.15, -0.1) is 35.3 Å². The molecule has 0 saturated heterocycles. The molecule has 0 saturated carbocycles. The number of aryl methyl sites for hydroxylation is 1. The highest BCUT2D eigenvalue weighted by Gasteiger charge is 2.04. The Kier molecular flexibility index (Phi) is 10.2. The van der Waals surface area contributed by atoms with Crippen molar-refractivity contribution in [1.29, 1.82) is 0 Å². The molecule has 0 spiro atoms. The van der Waals surface area contributed by atoms with E-state index in [2.05, 4.69) is 39.3 Å². The largest absolute Gasteiger partial charge is 0.357 e. The number of carbonyl (C=O) groups is 1. The zero-order valence-electron chi connectivity index (χ0n) is 14.5. The summed E-state index contributed by atoms with van der Waals surface area (Å²) in [6.45, 7) is 6.75. The molecule has 136 valence electrons. The van der Waals surface area contributed by atoms with Gasteiger partial charge in [0.25, 0.3) is 5.91 Å². The third kappa shape index (κ3) is 7.43. The second-order valence-electron chi connectivity index (χ2n) is 5.27. The van der Waals surface area contributed by atoms with Crippen molar-refractivity contribution in [3.63, 3.8) is 0 Å². The molecule has 0 aliphatic carbocycles. The van der Waals surface area contributed by atoms with E-state index < -0.39 is 0 Å². The van der Waals surface area contributed by atoms with E-state index in [0.717, 1.165) is 12.5 Å². The molecule has 1 amide bonds. The fourth-order valence-electron chi connectivity index (χ4n) is 2.11. The lowest BCUT2D eigenvalue weighted by atomic mass is 10.2. The Morgan fingerprint density at radius 2 is 1.80 bits per heavy atom. The van der Waals surface area contributed by atoms with Crippen molar-refractivity contribution in [1.82, 2.24) is 16.0 Å². The molecule has 1 aromatic heterocycles. The van der Waals surface area contributed by atoms with Crippen LogP contribution in [0.4, 0.5) is 0 Å². The Morgan fingerprint density at radius 3 is 2.44 bits per heavy atom. The zero-order valence-corrected chi connectivity index (χ0v) is 17.7. The molecule has 0 atom stereocenters. The standard InChI is InChI=1S/C18H24N4OS.HI/c1-3-19-18(22-13-16-14(2)9-12-24-16)21-11-10-20-17(23)15-7-5-4-6-8-15;/h4-9,12H,3,10-11,13H2,1-2H3,(H,20,23)(H2,19,21,22);1H. The van der Waals surface area contributed by atoms with Gasteiger partial charge in [0.05, 0.1) is 6.54 Å². The number of thiophene rings is 1. The third-order valence-corrected chi connectivity index (χ3v) is 4.44. The van der Waals surface area contributed by atoms with Gasteiger partial charge in [-0.3, -0.25) is 4.79 Å². The van der Waals surface area contributed by atoms with Gasteiger partial charge < -0.3 is 16.0 Å². The fourth-order valence-corrected chi connectivity index (χ4v) is 2.94. The molecule has 7 heteroatoms. The van der Waals surface area contributed by atoms with Crippen LogP contribution in [0.5, 0.6) is 0 Å². The molecular formula is C18H25IN4OS. The summed E-state index contributed by atoms with van der Waals surface area (Å²) in [4.78, 5) is 17.8. The Bertz CT molecular complexity index is 673. The maximum atomic E-state index is 12.0. The molecular weight excluding hydrogens is 447 g/mol. The monoisotopic (exact) mass is 472 g/mol. The van der Waals surface area contributed by atoms with Crippen LogP contribution in [-0.4, -0.2) is 31.5 Å². The van der Waals surface area contributed by atoms with E-state index in [0.29, 0.717) is 25.2 Å². The number of aliphatic imine (C=N–C) groups is 1. The fraction of sp³-hybridized carbons (Fsp3) is 0.333. The molecule has 5 nitrogen and oxygen atoms in total. The molecule has 0 aliphatic heterocycles. The van der Waals surface area contributed by atoms with Gasteiger partial charge in [0, 0.05) is 30.1 Å².